The summed E-state index contributed by atoms with van der Waals surface area (Å²) in [6.45, 7) is 14.4. The fourth-order valence-electron chi connectivity index (χ4n) is 2.42. The normalized spacial score (nSPS) is 24.2. The number of nitrogens with zero attached hydrogens (tertiary/aromatic N) is 1. The quantitative estimate of drug-likeness (QED) is 0.695. The Hall–Kier alpha value is -1.01. The number of carbonyl (C=O) groups excluding carboxylic acids is 1. The molecule has 0 spiro atoms. The van der Waals surface area contributed by atoms with Crippen molar-refractivity contribution < 1.29 is 18.8 Å². The molecular formula is C16H28BNO4. The molecule has 1 fully saturated rings. The summed E-state index contributed by atoms with van der Waals surface area (Å²) in [6.07, 6.45) is 3.27. The van der Waals surface area contributed by atoms with Gasteiger partial charge in [-0.05, 0) is 66.8 Å². The highest BCUT2D eigenvalue weighted by molar-refractivity contribution is 6.54. The first-order valence-corrected chi connectivity index (χ1v) is 7.97. The van der Waals surface area contributed by atoms with Crippen LogP contribution in [0.4, 0.5) is 4.79 Å². The van der Waals surface area contributed by atoms with Crippen LogP contribution in [0.3, 0.4) is 0 Å². The van der Waals surface area contributed by atoms with Gasteiger partial charge in [-0.15, -0.1) is 0 Å². The largest absolute Gasteiger partial charge is 0.492 e. The summed E-state index contributed by atoms with van der Waals surface area (Å²) in [6, 6.07) is 0. The first kappa shape index (κ1) is 17.4. The minimum absolute atomic E-state index is 0.318. The van der Waals surface area contributed by atoms with Crippen molar-refractivity contribution in [3.8, 4) is 0 Å². The molecule has 2 heterocycles. The molecule has 0 aromatic rings. The van der Waals surface area contributed by atoms with E-state index in [1.54, 1.807) is 4.90 Å². The summed E-state index contributed by atoms with van der Waals surface area (Å²) >= 11 is 0. The molecule has 6 heteroatoms. The Bertz CT molecular complexity index is 463. The number of rotatable bonds is 1. The molecular weight excluding hydrogens is 281 g/mol. The van der Waals surface area contributed by atoms with Gasteiger partial charge in [0, 0.05) is 12.7 Å². The maximum atomic E-state index is 12.2. The lowest BCUT2D eigenvalue weighted by molar-refractivity contribution is 0.00578. The van der Waals surface area contributed by atoms with Gasteiger partial charge >= 0.3 is 13.2 Å². The Labute approximate surface area is 134 Å². The summed E-state index contributed by atoms with van der Waals surface area (Å²) < 4.78 is 17.6. The second kappa shape index (κ2) is 5.57. The van der Waals surface area contributed by atoms with Crippen LogP contribution in [0.2, 0.25) is 0 Å². The van der Waals surface area contributed by atoms with Gasteiger partial charge in [0.1, 0.15) is 5.60 Å². The third-order valence-corrected chi connectivity index (χ3v) is 4.37. The van der Waals surface area contributed by atoms with Crippen molar-refractivity contribution in [3.05, 3.63) is 11.7 Å². The maximum Gasteiger partial charge on any atom is 0.492 e. The molecule has 0 bridgehead atoms. The van der Waals surface area contributed by atoms with E-state index in [-0.39, 0.29) is 17.3 Å². The van der Waals surface area contributed by atoms with E-state index >= 15 is 0 Å². The second-order valence-corrected chi connectivity index (χ2v) is 8.07. The summed E-state index contributed by atoms with van der Waals surface area (Å²) in [7, 11) is -0.393. The molecule has 0 unspecified atom stereocenters. The van der Waals surface area contributed by atoms with E-state index in [1.807, 2.05) is 54.7 Å². The van der Waals surface area contributed by atoms with Crippen LogP contribution in [0.15, 0.2) is 11.7 Å². The third kappa shape index (κ3) is 3.66. The number of hydrogen-bond donors (Lipinski definition) is 0. The number of amides is 1. The molecule has 0 aromatic heterocycles. The van der Waals surface area contributed by atoms with Crippen molar-refractivity contribution >= 4 is 13.2 Å². The van der Waals surface area contributed by atoms with Crippen LogP contribution in [-0.2, 0) is 14.0 Å². The minimum atomic E-state index is -0.493. The van der Waals surface area contributed by atoms with Crippen molar-refractivity contribution in [1.29, 1.82) is 0 Å². The zero-order valence-electron chi connectivity index (χ0n) is 14.9. The molecule has 0 radical (unpaired) electrons. The van der Waals surface area contributed by atoms with Gasteiger partial charge in [-0.3, -0.25) is 4.90 Å². The third-order valence-electron chi connectivity index (χ3n) is 4.37. The van der Waals surface area contributed by atoms with E-state index in [1.165, 1.54) is 0 Å². The molecule has 0 atom stereocenters. The van der Waals surface area contributed by atoms with Crippen LogP contribution in [0.25, 0.3) is 0 Å². The fourth-order valence-corrected chi connectivity index (χ4v) is 2.42. The second-order valence-electron chi connectivity index (χ2n) is 8.07. The zero-order chi connectivity index (χ0) is 16.8. The van der Waals surface area contributed by atoms with Gasteiger partial charge in [-0.25, -0.2) is 4.79 Å². The summed E-state index contributed by atoms with van der Waals surface area (Å²) in [5.74, 6) is 0. The Kier molecular flexibility index (Phi) is 4.39. The predicted octanol–water partition coefficient (Wildman–Crippen LogP) is 3.53. The average Bonchev–Trinajstić information content (AvgIpc) is 2.57. The molecule has 0 N–H and O–H groups in total. The lowest BCUT2D eigenvalue weighted by atomic mass is 9.75. The number of allylic oxidation sites excluding steroid dienone is 1. The Morgan fingerprint density at radius 2 is 1.77 bits per heavy atom. The Balaban J connectivity index is 2.11. The van der Waals surface area contributed by atoms with Crippen LogP contribution in [0, 0.1) is 0 Å². The molecule has 2 rings (SSSR count). The van der Waals surface area contributed by atoms with Crippen molar-refractivity contribution in [2.75, 3.05) is 6.54 Å². The highest BCUT2D eigenvalue weighted by Gasteiger charge is 2.52. The first-order chi connectivity index (χ1) is 9.91. The van der Waals surface area contributed by atoms with E-state index in [0.717, 1.165) is 18.3 Å². The number of hydrogen-bond acceptors (Lipinski definition) is 4. The average molecular weight is 309 g/mol. The van der Waals surface area contributed by atoms with Gasteiger partial charge < -0.3 is 14.0 Å². The van der Waals surface area contributed by atoms with Crippen molar-refractivity contribution in [2.45, 2.75) is 78.1 Å². The van der Waals surface area contributed by atoms with Crippen LogP contribution < -0.4 is 0 Å². The standard InChI is InChI=1S/C16H28BNO4/c1-14(2,3)20-13(19)18-10-8-9-12(11-18)17-21-15(4,5)16(6,7)22-17/h11H,8-10H2,1-7H3. The van der Waals surface area contributed by atoms with Crippen LogP contribution >= 0.6 is 0 Å². The molecule has 0 aliphatic carbocycles. The molecule has 22 heavy (non-hydrogen) atoms. The molecule has 0 saturated carbocycles. The molecule has 124 valence electrons. The summed E-state index contributed by atoms with van der Waals surface area (Å²) in [5.41, 5.74) is -0.234. The molecule has 1 amide bonds. The van der Waals surface area contributed by atoms with Crippen molar-refractivity contribution in [3.63, 3.8) is 0 Å². The van der Waals surface area contributed by atoms with Crippen LogP contribution in [0.1, 0.15) is 61.3 Å². The predicted molar refractivity (Wildman–Crippen MR) is 86.3 cm³/mol. The minimum Gasteiger partial charge on any atom is -0.443 e. The van der Waals surface area contributed by atoms with Gasteiger partial charge in [0.15, 0.2) is 0 Å². The van der Waals surface area contributed by atoms with Crippen molar-refractivity contribution in [1.82, 2.24) is 4.90 Å². The molecule has 1 saturated heterocycles. The highest BCUT2D eigenvalue weighted by Crippen LogP contribution is 2.39. The Morgan fingerprint density at radius 1 is 1.23 bits per heavy atom. The topological polar surface area (TPSA) is 48.0 Å². The SMILES string of the molecule is CC(C)(C)OC(=O)N1C=C(B2OC(C)(C)C(C)(C)O2)CCC1. The van der Waals surface area contributed by atoms with E-state index in [9.17, 15) is 4.79 Å². The van der Waals surface area contributed by atoms with E-state index in [2.05, 4.69) is 0 Å². The molecule has 2 aliphatic rings. The molecule has 2 aliphatic heterocycles. The zero-order valence-corrected chi connectivity index (χ0v) is 14.9. The fraction of sp³-hybridized carbons (Fsp3) is 0.812. The first-order valence-electron chi connectivity index (χ1n) is 7.97. The number of carbonyl (C=O) groups is 1. The lowest BCUT2D eigenvalue weighted by Gasteiger charge is -2.32. The molecule has 5 nitrogen and oxygen atoms in total. The van der Waals surface area contributed by atoms with Gasteiger partial charge in [0.25, 0.3) is 0 Å². The highest BCUT2D eigenvalue weighted by atomic mass is 16.7. The van der Waals surface area contributed by atoms with E-state index in [0.29, 0.717) is 6.54 Å². The van der Waals surface area contributed by atoms with Gasteiger partial charge in [-0.2, -0.15) is 0 Å². The smallest absolute Gasteiger partial charge is 0.443 e. The van der Waals surface area contributed by atoms with Gasteiger partial charge in [0.2, 0.25) is 0 Å². The summed E-state index contributed by atoms with van der Waals surface area (Å²) in [5, 5.41) is 0. The van der Waals surface area contributed by atoms with E-state index in [4.69, 9.17) is 14.0 Å². The maximum absolute atomic E-state index is 12.2. The van der Waals surface area contributed by atoms with E-state index < -0.39 is 12.7 Å². The molecule has 0 aromatic carbocycles. The van der Waals surface area contributed by atoms with Crippen LogP contribution in [0.5, 0.6) is 0 Å². The van der Waals surface area contributed by atoms with Gasteiger partial charge in [0.05, 0.1) is 11.2 Å². The summed E-state index contributed by atoms with van der Waals surface area (Å²) in [4.78, 5) is 13.8. The lowest BCUT2D eigenvalue weighted by Crippen LogP contribution is -2.41. The number of ether oxygens (including phenoxy) is 1. The monoisotopic (exact) mass is 309 g/mol. The Morgan fingerprint density at radius 3 is 2.27 bits per heavy atom. The van der Waals surface area contributed by atoms with Crippen LogP contribution in [-0.4, -0.2) is 41.5 Å². The van der Waals surface area contributed by atoms with Crippen molar-refractivity contribution in [2.24, 2.45) is 0 Å². The van der Waals surface area contributed by atoms with Gasteiger partial charge in [-0.1, -0.05) is 0 Å².